The van der Waals surface area contributed by atoms with Crippen molar-refractivity contribution in [1.29, 1.82) is 0 Å². The number of rotatable bonds is 4. The molecule has 0 aliphatic heterocycles. The van der Waals surface area contributed by atoms with Crippen molar-refractivity contribution in [3.8, 4) is 11.6 Å². The van der Waals surface area contributed by atoms with Crippen LogP contribution >= 0.6 is 0 Å². The second-order valence-electron chi connectivity index (χ2n) is 4.73. The molecule has 0 atom stereocenters. The van der Waals surface area contributed by atoms with Gasteiger partial charge in [0.15, 0.2) is 0 Å². The normalized spacial score (nSPS) is 17.2. The third-order valence-corrected chi connectivity index (χ3v) is 3.67. The Kier molecular flexibility index (Phi) is 3.04. The van der Waals surface area contributed by atoms with Gasteiger partial charge in [-0.25, -0.2) is 0 Å². The number of aromatic nitrogens is 3. The fourth-order valence-corrected chi connectivity index (χ4v) is 2.20. The van der Waals surface area contributed by atoms with Crippen LogP contribution in [0.3, 0.4) is 0 Å². The van der Waals surface area contributed by atoms with Crippen molar-refractivity contribution in [2.45, 2.75) is 31.4 Å². The Hall–Kier alpha value is -1.79. The fraction of sp³-hybridized carbons (Fsp3) is 0.462. The zero-order chi connectivity index (χ0) is 13.3. The van der Waals surface area contributed by atoms with E-state index in [-0.39, 0.29) is 5.60 Å². The van der Waals surface area contributed by atoms with Crippen LogP contribution < -0.4 is 5.73 Å². The van der Waals surface area contributed by atoms with Gasteiger partial charge >= 0.3 is 0 Å². The lowest BCUT2D eigenvalue weighted by atomic mass is 9.79. The molecule has 1 aliphatic carbocycles. The van der Waals surface area contributed by atoms with E-state index < -0.39 is 0 Å². The van der Waals surface area contributed by atoms with E-state index in [9.17, 15) is 0 Å². The molecule has 19 heavy (non-hydrogen) atoms. The number of methoxy groups -OCH3 is 1. The van der Waals surface area contributed by atoms with Gasteiger partial charge in [-0.3, -0.25) is 4.98 Å². The van der Waals surface area contributed by atoms with Gasteiger partial charge in [0.2, 0.25) is 5.82 Å². The Bertz CT molecular complexity index is 555. The Morgan fingerprint density at radius 2 is 2.26 bits per heavy atom. The van der Waals surface area contributed by atoms with Crippen LogP contribution in [0.25, 0.3) is 11.6 Å². The highest BCUT2D eigenvalue weighted by Gasteiger charge is 2.43. The Labute approximate surface area is 111 Å². The first-order valence-electron chi connectivity index (χ1n) is 6.32. The predicted octanol–water partition coefficient (Wildman–Crippen LogP) is 1.62. The van der Waals surface area contributed by atoms with Crippen LogP contribution in [0.4, 0.5) is 0 Å². The van der Waals surface area contributed by atoms with E-state index in [0.717, 1.165) is 24.8 Å². The second-order valence-corrected chi connectivity index (χ2v) is 4.73. The smallest absolute Gasteiger partial charge is 0.276 e. The van der Waals surface area contributed by atoms with Gasteiger partial charge in [-0.2, -0.15) is 4.98 Å². The molecule has 2 aromatic heterocycles. The van der Waals surface area contributed by atoms with Gasteiger partial charge in [0, 0.05) is 19.9 Å². The van der Waals surface area contributed by atoms with Crippen LogP contribution in [-0.4, -0.2) is 22.2 Å². The van der Waals surface area contributed by atoms with E-state index in [2.05, 4.69) is 15.1 Å². The van der Waals surface area contributed by atoms with E-state index >= 15 is 0 Å². The molecule has 2 N–H and O–H groups in total. The minimum absolute atomic E-state index is 0.362. The first kappa shape index (κ1) is 12.3. The lowest BCUT2D eigenvalue weighted by molar-refractivity contribution is -0.0858. The molecular formula is C13H16N4O2. The Balaban J connectivity index is 1.88. The predicted molar refractivity (Wildman–Crippen MR) is 68.0 cm³/mol. The van der Waals surface area contributed by atoms with Crippen molar-refractivity contribution in [2.24, 2.45) is 5.73 Å². The second kappa shape index (κ2) is 4.71. The minimum atomic E-state index is -0.362. The number of nitrogens with two attached hydrogens (primary N) is 1. The summed E-state index contributed by atoms with van der Waals surface area (Å²) in [4.78, 5) is 8.67. The largest absolute Gasteiger partial charge is 0.370 e. The Morgan fingerprint density at radius 1 is 1.42 bits per heavy atom. The summed E-state index contributed by atoms with van der Waals surface area (Å²) in [6.45, 7) is 0.467. The lowest BCUT2D eigenvalue weighted by Gasteiger charge is -2.37. The molecule has 0 amide bonds. The molecule has 0 unspecified atom stereocenters. The number of ether oxygens (including phenoxy) is 1. The van der Waals surface area contributed by atoms with Gasteiger partial charge < -0.3 is 15.0 Å². The molecule has 0 aromatic carbocycles. The molecule has 0 saturated heterocycles. The molecular weight excluding hydrogens is 244 g/mol. The maximum atomic E-state index is 5.54. The molecule has 100 valence electrons. The highest BCUT2D eigenvalue weighted by atomic mass is 16.5. The quantitative estimate of drug-likeness (QED) is 0.898. The summed E-state index contributed by atoms with van der Waals surface area (Å²) < 4.78 is 10.8. The molecule has 2 aromatic rings. The topological polar surface area (TPSA) is 87.1 Å². The first-order chi connectivity index (χ1) is 9.27. The van der Waals surface area contributed by atoms with Crippen LogP contribution in [0, 0.1) is 0 Å². The number of hydrogen-bond donors (Lipinski definition) is 1. The van der Waals surface area contributed by atoms with Crippen molar-refractivity contribution in [3.63, 3.8) is 0 Å². The van der Waals surface area contributed by atoms with E-state index in [0.29, 0.717) is 24.0 Å². The third-order valence-electron chi connectivity index (χ3n) is 3.67. The monoisotopic (exact) mass is 260 g/mol. The average Bonchev–Trinajstić information content (AvgIpc) is 2.88. The van der Waals surface area contributed by atoms with Crippen molar-refractivity contribution in [3.05, 3.63) is 29.7 Å². The summed E-state index contributed by atoms with van der Waals surface area (Å²) in [5.41, 5.74) is 6.80. The summed E-state index contributed by atoms with van der Waals surface area (Å²) in [7, 11) is 1.68. The number of nitrogens with zero attached hydrogens (tertiary/aromatic N) is 3. The van der Waals surface area contributed by atoms with Crippen LogP contribution in [0.15, 0.2) is 22.9 Å². The molecule has 3 rings (SSSR count). The Morgan fingerprint density at radius 3 is 2.79 bits per heavy atom. The molecule has 0 bridgehead atoms. The molecule has 1 fully saturated rings. The van der Waals surface area contributed by atoms with Gasteiger partial charge in [-0.15, -0.1) is 0 Å². The van der Waals surface area contributed by atoms with Crippen molar-refractivity contribution < 1.29 is 9.26 Å². The van der Waals surface area contributed by atoms with Gasteiger partial charge in [-0.1, -0.05) is 11.2 Å². The van der Waals surface area contributed by atoms with Crippen molar-refractivity contribution in [1.82, 2.24) is 15.1 Å². The third kappa shape index (κ3) is 2.02. The molecule has 6 heteroatoms. The van der Waals surface area contributed by atoms with Crippen LogP contribution in [0.1, 0.15) is 30.7 Å². The zero-order valence-electron chi connectivity index (χ0n) is 10.8. The maximum Gasteiger partial charge on any atom is 0.276 e. The lowest BCUT2D eigenvalue weighted by Crippen LogP contribution is -2.37. The van der Waals surface area contributed by atoms with Crippen LogP contribution in [0.2, 0.25) is 0 Å². The molecule has 0 spiro atoms. The van der Waals surface area contributed by atoms with Gasteiger partial charge in [0.25, 0.3) is 5.89 Å². The van der Waals surface area contributed by atoms with Crippen LogP contribution in [-0.2, 0) is 16.9 Å². The van der Waals surface area contributed by atoms with E-state index in [1.807, 2.05) is 12.1 Å². The van der Waals surface area contributed by atoms with Crippen molar-refractivity contribution >= 4 is 0 Å². The fourth-order valence-electron chi connectivity index (χ4n) is 2.20. The maximum absolute atomic E-state index is 5.54. The first-order valence-corrected chi connectivity index (χ1v) is 6.32. The van der Waals surface area contributed by atoms with Gasteiger partial charge in [0.1, 0.15) is 11.3 Å². The highest BCUT2D eigenvalue weighted by Crippen LogP contribution is 2.43. The minimum Gasteiger partial charge on any atom is -0.370 e. The summed E-state index contributed by atoms with van der Waals surface area (Å²) in [6.07, 6.45) is 4.71. The van der Waals surface area contributed by atoms with E-state index in [4.69, 9.17) is 15.0 Å². The average molecular weight is 260 g/mol. The van der Waals surface area contributed by atoms with Gasteiger partial charge in [0.05, 0.1) is 0 Å². The summed E-state index contributed by atoms with van der Waals surface area (Å²) in [5, 5.41) is 4.02. The zero-order valence-corrected chi connectivity index (χ0v) is 10.8. The molecule has 1 aliphatic rings. The molecule has 1 saturated carbocycles. The molecule has 6 nitrogen and oxygen atoms in total. The number of pyridine rings is 1. The van der Waals surface area contributed by atoms with Crippen LogP contribution in [0.5, 0.6) is 0 Å². The molecule has 0 radical (unpaired) electrons. The standard InChI is InChI=1S/C13H16N4O2/c1-18-13(5-2-6-13)12-16-11(19-17-12)10-4-3-9(7-14)8-15-10/h3-4,8H,2,5-7,14H2,1H3. The summed E-state index contributed by atoms with van der Waals surface area (Å²) >= 11 is 0. The number of hydrogen-bond acceptors (Lipinski definition) is 6. The van der Waals surface area contributed by atoms with Gasteiger partial charge in [-0.05, 0) is 30.9 Å². The highest BCUT2D eigenvalue weighted by molar-refractivity contribution is 5.46. The summed E-state index contributed by atoms with van der Waals surface area (Å²) in [5.74, 6) is 1.03. The summed E-state index contributed by atoms with van der Waals surface area (Å²) in [6, 6.07) is 3.74. The van der Waals surface area contributed by atoms with E-state index in [1.165, 1.54) is 0 Å². The molecule has 2 heterocycles. The van der Waals surface area contributed by atoms with Crippen molar-refractivity contribution in [2.75, 3.05) is 7.11 Å². The SMILES string of the molecule is COC1(c2noc(-c3ccc(CN)cn3)n2)CCC1. The van der Waals surface area contributed by atoms with E-state index in [1.54, 1.807) is 13.3 Å².